The second-order valence-corrected chi connectivity index (χ2v) is 4.60. The number of nitro groups is 1. The van der Waals surface area contributed by atoms with Crippen molar-refractivity contribution in [2.75, 3.05) is 19.8 Å². The average molecular weight is 338 g/mol. The van der Waals surface area contributed by atoms with Crippen molar-refractivity contribution in [1.82, 2.24) is 15.1 Å². The molecule has 0 atom stereocenters. The van der Waals surface area contributed by atoms with Gasteiger partial charge in [-0.2, -0.15) is 18.3 Å². The van der Waals surface area contributed by atoms with Gasteiger partial charge >= 0.3 is 11.9 Å². The minimum atomic E-state index is -4.97. The number of ether oxygens (including phenoxy) is 1. The van der Waals surface area contributed by atoms with Crippen molar-refractivity contribution in [1.29, 1.82) is 0 Å². The monoisotopic (exact) mass is 338 g/mol. The zero-order valence-corrected chi connectivity index (χ0v) is 12.6. The number of hydrogen-bond donors (Lipinski definition) is 1. The molecule has 1 heterocycles. The molecule has 0 unspecified atom stereocenters. The van der Waals surface area contributed by atoms with E-state index in [2.05, 4.69) is 10.4 Å². The number of alkyl halides is 3. The van der Waals surface area contributed by atoms with Crippen LogP contribution in [-0.4, -0.2) is 40.4 Å². The number of aromatic nitrogens is 2. The van der Waals surface area contributed by atoms with Gasteiger partial charge in [0, 0.05) is 19.8 Å². The second-order valence-electron chi connectivity index (χ2n) is 4.60. The Balaban J connectivity index is 2.77. The van der Waals surface area contributed by atoms with Crippen LogP contribution in [0.3, 0.4) is 0 Å². The van der Waals surface area contributed by atoms with Crippen molar-refractivity contribution in [3.05, 3.63) is 21.5 Å². The van der Waals surface area contributed by atoms with Gasteiger partial charge in [-0.05, 0) is 20.3 Å². The maximum atomic E-state index is 12.8. The van der Waals surface area contributed by atoms with Gasteiger partial charge in [-0.3, -0.25) is 19.6 Å². The summed E-state index contributed by atoms with van der Waals surface area (Å²) < 4.78 is 44.0. The van der Waals surface area contributed by atoms with E-state index in [4.69, 9.17) is 4.74 Å². The largest absolute Gasteiger partial charge is 0.442 e. The van der Waals surface area contributed by atoms with Crippen LogP contribution in [0.25, 0.3) is 0 Å². The molecule has 0 bridgehead atoms. The lowest BCUT2D eigenvalue weighted by atomic mass is 10.3. The van der Waals surface area contributed by atoms with Gasteiger partial charge in [0.15, 0.2) is 0 Å². The van der Waals surface area contributed by atoms with Gasteiger partial charge in [0.25, 0.3) is 0 Å². The molecule has 1 aromatic heterocycles. The minimum absolute atomic E-state index is 0.285. The molecule has 0 aliphatic heterocycles. The molecule has 130 valence electrons. The Morgan fingerprint density at radius 3 is 2.61 bits per heavy atom. The molecule has 0 saturated heterocycles. The smallest absolute Gasteiger partial charge is 0.382 e. The van der Waals surface area contributed by atoms with Crippen molar-refractivity contribution in [2.45, 2.75) is 33.0 Å². The summed E-state index contributed by atoms with van der Waals surface area (Å²) in [5.74, 6) is -0.587. The van der Waals surface area contributed by atoms with Crippen molar-refractivity contribution in [3.63, 3.8) is 0 Å². The summed E-state index contributed by atoms with van der Waals surface area (Å²) in [5.41, 5.74) is -3.07. The Labute approximate surface area is 129 Å². The summed E-state index contributed by atoms with van der Waals surface area (Å²) >= 11 is 0. The summed E-state index contributed by atoms with van der Waals surface area (Å²) in [4.78, 5) is 21.3. The lowest BCUT2D eigenvalue weighted by Gasteiger charge is -2.06. The first-order valence-corrected chi connectivity index (χ1v) is 6.81. The number of nitrogens with zero attached hydrogens (tertiary/aromatic N) is 3. The van der Waals surface area contributed by atoms with Crippen LogP contribution in [0, 0.1) is 17.0 Å². The van der Waals surface area contributed by atoms with Gasteiger partial charge < -0.3 is 10.1 Å². The molecule has 23 heavy (non-hydrogen) atoms. The molecule has 1 aromatic rings. The normalized spacial score (nSPS) is 11.5. The van der Waals surface area contributed by atoms with Gasteiger partial charge in [-0.25, -0.2) is 0 Å². The third kappa shape index (κ3) is 5.20. The summed E-state index contributed by atoms with van der Waals surface area (Å²) in [7, 11) is 0. The summed E-state index contributed by atoms with van der Waals surface area (Å²) in [6.07, 6.45) is -4.42. The predicted molar refractivity (Wildman–Crippen MR) is 72.7 cm³/mol. The molecule has 0 radical (unpaired) electrons. The second kappa shape index (κ2) is 7.90. The first-order valence-electron chi connectivity index (χ1n) is 6.81. The number of amides is 1. The molecule has 0 saturated carbocycles. The van der Waals surface area contributed by atoms with Crippen LogP contribution in [0.15, 0.2) is 0 Å². The quantitative estimate of drug-likeness (QED) is 0.441. The van der Waals surface area contributed by atoms with Crippen LogP contribution in [0.5, 0.6) is 0 Å². The topological polar surface area (TPSA) is 99.3 Å². The van der Waals surface area contributed by atoms with Crippen LogP contribution in [-0.2, 0) is 22.3 Å². The fourth-order valence-electron chi connectivity index (χ4n) is 1.84. The molecule has 0 spiro atoms. The third-order valence-electron chi connectivity index (χ3n) is 2.91. The molecule has 0 aliphatic rings. The van der Waals surface area contributed by atoms with Gasteiger partial charge in [0.2, 0.25) is 11.6 Å². The van der Waals surface area contributed by atoms with Crippen molar-refractivity contribution in [2.24, 2.45) is 0 Å². The number of carbonyl (C=O) groups excluding carboxylic acids is 1. The molecular formula is C12H17F3N4O4. The summed E-state index contributed by atoms with van der Waals surface area (Å²) in [6, 6.07) is 0. The lowest BCUT2D eigenvalue weighted by Crippen LogP contribution is -2.29. The maximum absolute atomic E-state index is 12.8. The Morgan fingerprint density at radius 2 is 2.13 bits per heavy atom. The van der Waals surface area contributed by atoms with E-state index >= 15 is 0 Å². The van der Waals surface area contributed by atoms with E-state index in [0.717, 1.165) is 6.92 Å². The first-order chi connectivity index (χ1) is 10.7. The molecule has 1 rings (SSSR count). The molecule has 11 heteroatoms. The minimum Gasteiger partial charge on any atom is -0.382 e. The molecule has 1 N–H and O–H groups in total. The Hall–Kier alpha value is -2.17. The fourth-order valence-corrected chi connectivity index (χ4v) is 1.84. The van der Waals surface area contributed by atoms with E-state index in [1.54, 1.807) is 0 Å². The van der Waals surface area contributed by atoms with Gasteiger partial charge in [0.1, 0.15) is 12.2 Å². The molecule has 0 fully saturated rings. The highest BCUT2D eigenvalue weighted by molar-refractivity contribution is 5.75. The standard InChI is InChI=1S/C12H17F3N4O4/c1-3-23-6-4-5-16-9(20)7-18-8(2)10(19(21)22)11(17-18)12(13,14)15/h3-7H2,1-2H3,(H,16,20). The predicted octanol–water partition coefficient (Wildman–Crippen LogP) is 1.66. The highest BCUT2D eigenvalue weighted by Gasteiger charge is 2.44. The summed E-state index contributed by atoms with van der Waals surface area (Å²) in [6.45, 7) is 3.68. The zero-order valence-electron chi connectivity index (χ0n) is 12.6. The van der Waals surface area contributed by atoms with Crippen molar-refractivity contribution in [3.8, 4) is 0 Å². The van der Waals surface area contributed by atoms with Gasteiger partial charge in [-0.15, -0.1) is 0 Å². The molecular weight excluding hydrogens is 321 g/mol. The molecule has 0 aliphatic carbocycles. The van der Waals surface area contributed by atoms with E-state index < -0.39 is 34.9 Å². The van der Waals surface area contributed by atoms with Gasteiger partial charge in [0.05, 0.1) is 4.92 Å². The maximum Gasteiger partial charge on any atom is 0.442 e. The number of hydrogen-bond acceptors (Lipinski definition) is 5. The number of nitrogens with one attached hydrogen (secondary N) is 1. The fraction of sp³-hybridized carbons (Fsp3) is 0.667. The summed E-state index contributed by atoms with van der Waals surface area (Å²) in [5, 5.41) is 16.4. The van der Waals surface area contributed by atoms with Crippen LogP contribution in [0.1, 0.15) is 24.7 Å². The third-order valence-corrected chi connectivity index (χ3v) is 2.91. The highest BCUT2D eigenvalue weighted by atomic mass is 19.4. The Morgan fingerprint density at radius 1 is 1.48 bits per heavy atom. The zero-order chi connectivity index (χ0) is 17.6. The molecule has 0 aromatic carbocycles. The van der Waals surface area contributed by atoms with Crippen LogP contribution < -0.4 is 5.32 Å². The SMILES string of the molecule is CCOCCCNC(=O)Cn1nc(C(F)(F)F)c([N+](=O)[O-])c1C. The van der Waals surface area contributed by atoms with Crippen LogP contribution in [0.4, 0.5) is 18.9 Å². The van der Waals surface area contributed by atoms with E-state index in [0.29, 0.717) is 24.3 Å². The van der Waals surface area contributed by atoms with E-state index in [1.165, 1.54) is 0 Å². The van der Waals surface area contributed by atoms with Gasteiger partial charge in [-0.1, -0.05) is 0 Å². The number of carbonyl (C=O) groups is 1. The highest BCUT2D eigenvalue weighted by Crippen LogP contribution is 2.36. The van der Waals surface area contributed by atoms with Crippen molar-refractivity contribution < 1.29 is 27.6 Å². The van der Waals surface area contributed by atoms with E-state index in [1.807, 2.05) is 6.92 Å². The first kappa shape index (κ1) is 18.9. The number of halogens is 3. The van der Waals surface area contributed by atoms with E-state index in [-0.39, 0.29) is 12.2 Å². The Bertz CT molecular complexity index is 571. The lowest BCUT2D eigenvalue weighted by molar-refractivity contribution is -0.388. The average Bonchev–Trinajstić information content (AvgIpc) is 2.76. The van der Waals surface area contributed by atoms with E-state index in [9.17, 15) is 28.1 Å². The number of rotatable bonds is 8. The van der Waals surface area contributed by atoms with Crippen LogP contribution >= 0.6 is 0 Å². The molecule has 1 amide bonds. The Kier molecular flexibility index (Phi) is 6.49. The van der Waals surface area contributed by atoms with Crippen molar-refractivity contribution >= 4 is 11.6 Å². The molecule has 8 nitrogen and oxygen atoms in total. The van der Waals surface area contributed by atoms with Crippen LogP contribution in [0.2, 0.25) is 0 Å².